The van der Waals surface area contributed by atoms with E-state index in [4.69, 9.17) is 5.10 Å². The highest BCUT2D eigenvalue weighted by atomic mass is 16.1. The molecule has 0 saturated heterocycles. The van der Waals surface area contributed by atoms with Crippen molar-refractivity contribution in [1.29, 1.82) is 0 Å². The second-order valence-electron chi connectivity index (χ2n) is 7.00. The predicted octanol–water partition coefficient (Wildman–Crippen LogP) is 5.18. The van der Waals surface area contributed by atoms with Crippen LogP contribution in [0.25, 0.3) is 28.2 Å². The number of carbonyl (C=O) groups is 1. The summed E-state index contributed by atoms with van der Waals surface area (Å²) in [5, 5.41) is 7.56. The van der Waals surface area contributed by atoms with Gasteiger partial charge in [0.25, 0.3) is 5.91 Å². The Labute approximate surface area is 179 Å². The van der Waals surface area contributed by atoms with Crippen molar-refractivity contribution in [2.24, 2.45) is 0 Å². The number of nitrogens with one attached hydrogen (secondary N) is 2. The van der Waals surface area contributed by atoms with E-state index in [0.717, 1.165) is 22.5 Å². The van der Waals surface area contributed by atoms with Gasteiger partial charge in [0, 0.05) is 11.8 Å². The van der Waals surface area contributed by atoms with Crippen molar-refractivity contribution in [3.63, 3.8) is 0 Å². The van der Waals surface area contributed by atoms with E-state index in [-0.39, 0.29) is 5.91 Å². The van der Waals surface area contributed by atoms with Gasteiger partial charge in [-0.1, -0.05) is 78.9 Å². The van der Waals surface area contributed by atoms with Gasteiger partial charge in [-0.05, 0) is 17.7 Å². The fraction of sp³-hybridized carbons (Fsp3) is 0. The molecular weight excluding hydrogens is 386 g/mol. The van der Waals surface area contributed by atoms with Crippen LogP contribution in [-0.2, 0) is 0 Å². The molecule has 0 fully saturated rings. The van der Waals surface area contributed by atoms with E-state index < -0.39 is 0 Å². The Morgan fingerprint density at radius 2 is 1.42 bits per heavy atom. The number of rotatable bonds is 5. The minimum Gasteiger partial charge on any atom is -0.324 e. The van der Waals surface area contributed by atoms with E-state index in [0.29, 0.717) is 17.2 Å². The zero-order chi connectivity index (χ0) is 21.0. The standard InChI is InChI=1S/C25H19N5O/c31-24(28-25-26-16-22(27-25)18-10-4-1-5-11-18)21-17-30(20-14-8-3-9-15-20)29-23(21)19-12-6-2-7-13-19/h1-17H,(H2,26,27,28,31). The Morgan fingerprint density at radius 3 is 2.10 bits per heavy atom. The smallest absolute Gasteiger partial charge is 0.261 e. The van der Waals surface area contributed by atoms with Gasteiger partial charge in [0.1, 0.15) is 5.69 Å². The second kappa shape index (κ2) is 8.12. The molecule has 6 nitrogen and oxygen atoms in total. The quantitative estimate of drug-likeness (QED) is 0.423. The summed E-state index contributed by atoms with van der Waals surface area (Å²) in [6.07, 6.45) is 3.45. The number of amides is 1. The summed E-state index contributed by atoms with van der Waals surface area (Å²) >= 11 is 0. The number of nitrogens with zero attached hydrogens (tertiary/aromatic N) is 3. The van der Waals surface area contributed by atoms with Crippen LogP contribution in [0.15, 0.2) is 103 Å². The van der Waals surface area contributed by atoms with E-state index in [1.807, 2.05) is 91.0 Å². The predicted molar refractivity (Wildman–Crippen MR) is 121 cm³/mol. The molecule has 0 unspecified atom stereocenters. The molecule has 0 radical (unpaired) electrons. The zero-order valence-electron chi connectivity index (χ0n) is 16.6. The summed E-state index contributed by atoms with van der Waals surface area (Å²) in [7, 11) is 0. The first kappa shape index (κ1) is 18.6. The number of aromatic amines is 1. The molecule has 0 bridgehead atoms. The number of anilines is 1. The monoisotopic (exact) mass is 405 g/mol. The van der Waals surface area contributed by atoms with Gasteiger partial charge in [-0.2, -0.15) is 5.10 Å². The van der Waals surface area contributed by atoms with Gasteiger partial charge in [0.15, 0.2) is 0 Å². The van der Waals surface area contributed by atoms with E-state index in [1.165, 1.54) is 0 Å². The van der Waals surface area contributed by atoms with Crippen molar-refractivity contribution in [2.75, 3.05) is 5.32 Å². The lowest BCUT2D eigenvalue weighted by Crippen LogP contribution is -2.13. The van der Waals surface area contributed by atoms with Crippen molar-refractivity contribution in [2.45, 2.75) is 0 Å². The average molecular weight is 405 g/mol. The molecule has 31 heavy (non-hydrogen) atoms. The van der Waals surface area contributed by atoms with Gasteiger partial charge >= 0.3 is 0 Å². The third-order valence-corrected chi connectivity index (χ3v) is 4.92. The number of aromatic nitrogens is 4. The molecule has 0 aliphatic rings. The molecule has 5 aromatic rings. The molecule has 5 rings (SSSR count). The first-order valence-electron chi connectivity index (χ1n) is 9.90. The summed E-state index contributed by atoms with van der Waals surface area (Å²) in [5.74, 6) is 0.102. The maximum Gasteiger partial charge on any atom is 0.261 e. The van der Waals surface area contributed by atoms with Crippen molar-refractivity contribution in [3.05, 3.63) is 109 Å². The maximum atomic E-state index is 13.2. The fourth-order valence-electron chi connectivity index (χ4n) is 3.39. The SMILES string of the molecule is O=C(Nc1ncc(-c2ccccc2)[nH]1)c1cn(-c2ccccc2)nc1-c1ccccc1. The molecule has 0 aliphatic heterocycles. The van der Waals surface area contributed by atoms with Crippen LogP contribution < -0.4 is 5.32 Å². The van der Waals surface area contributed by atoms with Crippen LogP contribution in [0.1, 0.15) is 10.4 Å². The van der Waals surface area contributed by atoms with Crippen molar-refractivity contribution in [1.82, 2.24) is 19.7 Å². The number of para-hydroxylation sites is 1. The molecule has 3 aromatic carbocycles. The van der Waals surface area contributed by atoms with Crippen LogP contribution in [0.3, 0.4) is 0 Å². The topological polar surface area (TPSA) is 75.6 Å². The van der Waals surface area contributed by atoms with Crippen LogP contribution in [0.4, 0.5) is 5.95 Å². The van der Waals surface area contributed by atoms with Crippen LogP contribution in [-0.4, -0.2) is 25.7 Å². The fourth-order valence-corrected chi connectivity index (χ4v) is 3.39. The lowest BCUT2D eigenvalue weighted by Gasteiger charge is -2.03. The summed E-state index contributed by atoms with van der Waals surface area (Å²) in [5.41, 5.74) is 4.65. The molecular formula is C25H19N5O. The summed E-state index contributed by atoms with van der Waals surface area (Å²) in [6, 6.07) is 29.2. The van der Waals surface area contributed by atoms with Gasteiger partial charge in [0.05, 0.1) is 23.1 Å². The molecule has 6 heteroatoms. The first-order valence-corrected chi connectivity index (χ1v) is 9.90. The van der Waals surface area contributed by atoms with Gasteiger partial charge in [-0.25, -0.2) is 9.67 Å². The normalized spacial score (nSPS) is 10.7. The number of benzene rings is 3. The highest BCUT2D eigenvalue weighted by molar-refractivity contribution is 6.07. The highest BCUT2D eigenvalue weighted by Gasteiger charge is 2.19. The van der Waals surface area contributed by atoms with Crippen molar-refractivity contribution >= 4 is 11.9 Å². The average Bonchev–Trinajstić information content (AvgIpc) is 3.49. The number of H-pyrrole nitrogens is 1. The third kappa shape index (κ3) is 3.86. The number of hydrogen-bond acceptors (Lipinski definition) is 3. The largest absolute Gasteiger partial charge is 0.324 e. The Balaban J connectivity index is 1.48. The zero-order valence-corrected chi connectivity index (χ0v) is 16.6. The van der Waals surface area contributed by atoms with Crippen LogP contribution >= 0.6 is 0 Å². The minimum atomic E-state index is -0.282. The molecule has 1 amide bonds. The Bertz CT molecular complexity index is 1310. The van der Waals surface area contributed by atoms with Gasteiger partial charge in [0.2, 0.25) is 5.95 Å². The highest BCUT2D eigenvalue weighted by Crippen LogP contribution is 2.25. The number of imidazole rings is 1. The molecule has 2 aromatic heterocycles. The van der Waals surface area contributed by atoms with Crippen LogP contribution in [0, 0.1) is 0 Å². The van der Waals surface area contributed by atoms with E-state index in [2.05, 4.69) is 15.3 Å². The van der Waals surface area contributed by atoms with Crippen LogP contribution in [0.2, 0.25) is 0 Å². The van der Waals surface area contributed by atoms with Crippen molar-refractivity contribution < 1.29 is 4.79 Å². The summed E-state index contributed by atoms with van der Waals surface area (Å²) < 4.78 is 1.72. The van der Waals surface area contributed by atoms with E-state index in [9.17, 15) is 4.79 Å². The Hall–Kier alpha value is -4.45. The first-order chi connectivity index (χ1) is 15.3. The molecule has 2 N–H and O–H groups in total. The molecule has 0 spiro atoms. The molecule has 0 saturated carbocycles. The third-order valence-electron chi connectivity index (χ3n) is 4.92. The Morgan fingerprint density at radius 1 is 0.806 bits per heavy atom. The lowest BCUT2D eigenvalue weighted by molar-refractivity contribution is 0.102. The maximum absolute atomic E-state index is 13.2. The summed E-state index contributed by atoms with van der Waals surface area (Å²) in [4.78, 5) is 20.6. The number of hydrogen-bond donors (Lipinski definition) is 2. The molecule has 150 valence electrons. The molecule has 0 aliphatic carbocycles. The summed E-state index contributed by atoms with van der Waals surface area (Å²) in [6.45, 7) is 0. The second-order valence-corrected chi connectivity index (χ2v) is 7.00. The van der Waals surface area contributed by atoms with Crippen LogP contribution in [0.5, 0.6) is 0 Å². The van der Waals surface area contributed by atoms with Gasteiger partial charge in [-0.3, -0.25) is 10.1 Å². The lowest BCUT2D eigenvalue weighted by atomic mass is 10.1. The minimum absolute atomic E-state index is 0.282. The van der Waals surface area contributed by atoms with Crippen molar-refractivity contribution in [3.8, 4) is 28.2 Å². The van der Waals surface area contributed by atoms with E-state index in [1.54, 1.807) is 17.1 Å². The van der Waals surface area contributed by atoms with E-state index >= 15 is 0 Å². The molecule has 2 heterocycles. The number of carbonyl (C=O) groups excluding carboxylic acids is 1. The van der Waals surface area contributed by atoms with Gasteiger partial charge in [-0.15, -0.1) is 0 Å². The Kier molecular flexibility index (Phi) is 4.86. The van der Waals surface area contributed by atoms with Gasteiger partial charge < -0.3 is 4.98 Å². The molecule has 0 atom stereocenters.